The van der Waals surface area contributed by atoms with Crippen molar-refractivity contribution in [3.63, 3.8) is 0 Å². The zero-order valence-electron chi connectivity index (χ0n) is 20.9. The van der Waals surface area contributed by atoms with Crippen molar-refractivity contribution in [1.29, 1.82) is 0 Å². The highest BCUT2D eigenvalue weighted by molar-refractivity contribution is 5.83. The van der Waals surface area contributed by atoms with Crippen LogP contribution < -0.4 is 4.74 Å². The molecule has 1 N–H and O–H groups in total. The van der Waals surface area contributed by atoms with E-state index < -0.39 is 12.1 Å². The van der Waals surface area contributed by atoms with Crippen LogP contribution in [0.3, 0.4) is 0 Å². The van der Waals surface area contributed by atoms with E-state index in [9.17, 15) is 9.90 Å². The highest BCUT2D eigenvalue weighted by Gasteiger charge is 2.31. The maximum absolute atomic E-state index is 15.5. The Hall–Kier alpha value is -3.13. The second-order valence-electron chi connectivity index (χ2n) is 9.74. The molecule has 0 spiro atoms. The lowest BCUT2D eigenvalue weighted by atomic mass is 9.79. The first-order valence-electron chi connectivity index (χ1n) is 12.8. The number of carboxylic acids is 1. The van der Waals surface area contributed by atoms with Gasteiger partial charge in [-0.1, -0.05) is 0 Å². The standard InChI is InChI=1S/C28H35FN4O3/c1-36-23-6-8-27-25(15-23)24(9-11-32-27)26(29)7-5-21-10-13-33(18-22(21)14-28(34)35)12-3-2-4-20-16-30-19-31-17-20/h6,8-9,11,15-17,19,21-22,26H,2-5,7,10,12-14,18H2,1H3,(H,34,35)/t21-,22+,26+/m1/s1. The van der Waals surface area contributed by atoms with Crippen molar-refractivity contribution in [2.24, 2.45) is 11.8 Å². The minimum Gasteiger partial charge on any atom is -0.497 e. The number of fused-ring (bicyclic) bond motifs is 1. The molecule has 1 aliphatic heterocycles. The van der Waals surface area contributed by atoms with E-state index in [1.165, 1.54) is 6.33 Å². The van der Waals surface area contributed by atoms with E-state index in [2.05, 4.69) is 19.9 Å². The molecule has 3 atom stereocenters. The zero-order chi connectivity index (χ0) is 25.3. The number of alkyl halides is 1. The molecule has 4 rings (SSSR count). The number of aliphatic carboxylic acids is 1. The summed E-state index contributed by atoms with van der Waals surface area (Å²) in [4.78, 5) is 26.4. The van der Waals surface area contributed by atoms with Crippen LogP contribution in [-0.2, 0) is 11.2 Å². The van der Waals surface area contributed by atoms with Gasteiger partial charge in [0.1, 0.15) is 18.2 Å². The molecule has 0 unspecified atom stereocenters. The molecular weight excluding hydrogens is 459 g/mol. The molecule has 1 fully saturated rings. The van der Waals surface area contributed by atoms with E-state index in [0.29, 0.717) is 24.2 Å². The van der Waals surface area contributed by atoms with Crippen LogP contribution in [0, 0.1) is 11.8 Å². The monoisotopic (exact) mass is 494 g/mol. The summed E-state index contributed by atoms with van der Waals surface area (Å²) in [7, 11) is 1.59. The average Bonchev–Trinajstić information content (AvgIpc) is 2.90. The number of methoxy groups -OCH3 is 1. The minimum absolute atomic E-state index is 0.0419. The third-order valence-electron chi connectivity index (χ3n) is 7.33. The van der Waals surface area contributed by atoms with E-state index in [4.69, 9.17) is 4.74 Å². The number of pyridine rings is 1. The highest BCUT2D eigenvalue weighted by atomic mass is 19.1. The van der Waals surface area contributed by atoms with Gasteiger partial charge in [-0.25, -0.2) is 14.4 Å². The van der Waals surface area contributed by atoms with Crippen molar-refractivity contribution >= 4 is 16.9 Å². The first-order valence-corrected chi connectivity index (χ1v) is 12.8. The van der Waals surface area contributed by atoms with Gasteiger partial charge in [-0.05, 0) is 98.8 Å². The van der Waals surface area contributed by atoms with Gasteiger partial charge in [-0.2, -0.15) is 0 Å². The smallest absolute Gasteiger partial charge is 0.303 e. The van der Waals surface area contributed by atoms with Gasteiger partial charge in [0.2, 0.25) is 0 Å². The van der Waals surface area contributed by atoms with Crippen molar-refractivity contribution in [3.05, 3.63) is 60.3 Å². The number of benzene rings is 1. The number of hydrogen-bond donors (Lipinski definition) is 1. The van der Waals surface area contributed by atoms with Gasteiger partial charge < -0.3 is 14.7 Å². The Kier molecular flexibility index (Phi) is 9.17. The molecule has 7 nitrogen and oxygen atoms in total. The topological polar surface area (TPSA) is 88.4 Å². The van der Waals surface area contributed by atoms with Gasteiger partial charge in [-0.15, -0.1) is 0 Å². The van der Waals surface area contributed by atoms with Crippen LogP contribution >= 0.6 is 0 Å². The largest absolute Gasteiger partial charge is 0.497 e. The van der Waals surface area contributed by atoms with E-state index in [0.717, 1.165) is 61.8 Å². The number of nitrogens with zero attached hydrogens (tertiary/aromatic N) is 4. The molecule has 3 aromatic rings. The Balaban J connectivity index is 1.31. The zero-order valence-corrected chi connectivity index (χ0v) is 20.9. The molecule has 1 aromatic carbocycles. The van der Waals surface area contributed by atoms with Crippen LogP contribution in [-0.4, -0.2) is 57.7 Å². The summed E-state index contributed by atoms with van der Waals surface area (Å²) in [5.74, 6) is 0.148. The summed E-state index contributed by atoms with van der Waals surface area (Å²) in [6.07, 6.45) is 10.9. The summed E-state index contributed by atoms with van der Waals surface area (Å²) in [5, 5.41) is 10.3. The molecule has 0 amide bonds. The predicted octanol–water partition coefficient (Wildman–Crippen LogP) is 5.26. The first-order chi connectivity index (χ1) is 17.5. The lowest BCUT2D eigenvalue weighted by Crippen LogP contribution is -2.41. The van der Waals surface area contributed by atoms with E-state index in [1.807, 2.05) is 30.6 Å². The second kappa shape index (κ2) is 12.7. The lowest BCUT2D eigenvalue weighted by molar-refractivity contribution is -0.139. The number of aryl methyl sites for hydroxylation is 1. The van der Waals surface area contributed by atoms with Crippen LogP contribution in [0.15, 0.2) is 49.2 Å². The quantitative estimate of drug-likeness (QED) is 0.344. The number of rotatable bonds is 12. The summed E-state index contributed by atoms with van der Waals surface area (Å²) >= 11 is 0. The molecule has 1 saturated heterocycles. The fraction of sp³-hybridized carbons (Fsp3) is 0.500. The molecule has 0 radical (unpaired) electrons. The summed E-state index contributed by atoms with van der Waals surface area (Å²) in [5.41, 5.74) is 2.50. The lowest BCUT2D eigenvalue weighted by Gasteiger charge is -2.38. The Morgan fingerprint density at radius 2 is 2.06 bits per heavy atom. The number of aromatic nitrogens is 3. The van der Waals surface area contributed by atoms with Crippen molar-refractivity contribution in [3.8, 4) is 5.75 Å². The number of likely N-dealkylation sites (tertiary alicyclic amines) is 1. The molecule has 0 saturated carbocycles. The van der Waals surface area contributed by atoms with Gasteiger partial charge in [0.25, 0.3) is 0 Å². The maximum Gasteiger partial charge on any atom is 0.303 e. The first kappa shape index (κ1) is 25.9. The second-order valence-corrected chi connectivity index (χ2v) is 9.74. The Labute approximate surface area is 211 Å². The number of hydrogen-bond acceptors (Lipinski definition) is 6. The summed E-state index contributed by atoms with van der Waals surface area (Å²) in [6, 6.07) is 7.25. The van der Waals surface area contributed by atoms with Crippen molar-refractivity contribution in [2.45, 2.75) is 51.1 Å². The Morgan fingerprint density at radius 1 is 1.22 bits per heavy atom. The van der Waals surface area contributed by atoms with Crippen LogP contribution in [0.25, 0.3) is 10.9 Å². The van der Waals surface area contributed by atoms with Crippen LogP contribution in [0.1, 0.15) is 55.8 Å². The molecule has 2 aromatic heterocycles. The van der Waals surface area contributed by atoms with Crippen LogP contribution in [0.5, 0.6) is 5.75 Å². The Morgan fingerprint density at radius 3 is 2.83 bits per heavy atom. The van der Waals surface area contributed by atoms with E-state index in [-0.39, 0.29) is 18.3 Å². The average molecular weight is 495 g/mol. The van der Waals surface area contributed by atoms with Gasteiger partial charge in [0.15, 0.2) is 0 Å². The number of carbonyl (C=O) groups is 1. The molecule has 0 aliphatic carbocycles. The summed E-state index contributed by atoms with van der Waals surface area (Å²) < 4.78 is 20.8. The Bertz CT molecular complexity index is 1130. The number of unbranched alkanes of at least 4 members (excludes halogenated alkanes) is 1. The molecule has 8 heteroatoms. The fourth-order valence-corrected chi connectivity index (χ4v) is 5.38. The third-order valence-corrected chi connectivity index (χ3v) is 7.33. The highest BCUT2D eigenvalue weighted by Crippen LogP contribution is 2.36. The molecule has 192 valence electrons. The molecule has 36 heavy (non-hydrogen) atoms. The number of ether oxygens (including phenoxy) is 1. The van der Waals surface area contributed by atoms with Gasteiger partial charge in [0, 0.05) is 36.9 Å². The maximum atomic E-state index is 15.5. The normalized spacial score (nSPS) is 19.3. The molecule has 0 bridgehead atoms. The fourth-order valence-electron chi connectivity index (χ4n) is 5.38. The van der Waals surface area contributed by atoms with Gasteiger partial charge in [0.05, 0.1) is 12.6 Å². The SMILES string of the molecule is COc1ccc2nccc([C@@H](F)CC[C@@H]3CCN(CCCCc4cncnc4)C[C@@H]3CC(=O)O)c2c1. The number of piperidine rings is 1. The predicted molar refractivity (Wildman–Crippen MR) is 137 cm³/mol. The minimum atomic E-state index is -1.13. The molecular formula is C28H35FN4O3. The van der Waals surface area contributed by atoms with Crippen molar-refractivity contribution in [2.75, 3.05) is 26.7 Å². The van der Waals surface area contributed by atoms with Gasteiger partial charge in [-0.3, -0.25) is 9.78 Å². The van der Waals surface area contributed by atoms with E-state index >= 15 is 4.39 Å². The third kappa shape index (κ3) is 6.97. The number of carboxylic acid groups (broad SMARTS) is 1. The van der Waals surface area contributed by atoms with Crippen molar-refractivity contribution in [1.82, 2.24) is 19.9 Å². The number of halogens is 1. The molecule has 1 aliphatic rings. The van der Waals surface area contributed by atoms with Gasteiger partial charge >= 0.3 is 5.97 Å². The molecule has 3 heterocycles. The van der Waals surface area contributed by atoms with Crippen molar-refractivity contribution < 1.29 is 19.0 Å². The summed E-state index contributed by atoms with van der Waals surface area (Å²) in [6.45, 7) is 2.65. The van der Waals surface area contributed by atoms with Crippen LogP contribution in [0.2, 0.25) is 0 Å². The van der Waals surface area contributed by atoms with E-state index in [1.54, 1.807) is 19.4 Å². The van der Waals surface area contributed by atoms with Crippen LogP contribution in [0.4, 0.5) is 4.39 Å².